The molecule has 8 heteroatoms. The average molecular weight is 428 g/mol. The fourth-order valence-electron chi connectivity index (χ4n) is 4.13. The Hall–Kier alpha value is -2.71. The molecule has 0 bridgehead atoms. The molecule has 2 amide bonds. The normalized spacial score (nSPS) is 18.3. The first-order chi connectivity index (χ1) is 14.3. The molecule has 2 aromatic rings. The van der Waals surface area contributed by atoms with Crippen LogP contribution < -0.4 is 10.6 Å². The molecule has 0 saturated carbocycles. The van der Waals surface area contributed by atoms with E-state index in [0.29, 0.717) is 18.5 Å². The summed E-state index contributed by atoms with van der Waals surface area (Å²) in [5.41, 5.74) is 3.77. The molecule has 7 nitrogen and oxygen atoms in total. The van der Waals surface area contributed by atoms with E-state index in [2.05, 4.69) is 16.7 Å². The van der Waals surface area contributed by atoms with Gasteiger partial charge in [-0.2, -0.15) is 4.31 Å². The summed E-state index contributed by atoms with van der Waals surface area (Å²) >= 11 is 0. The van der Waals surface area contributed by atoms with Gasteiger partial charge in [0.1, 0.15) is 0 Å². The van der Waals surface area contributed by atoms with Crippen molar-refractivity contribution in [1.82, 2.24) is 9.62 Å². The second kappa shape index (κ2) is 8.20. The molecule has 30 heavy (non-hydrogen) atoms. The Morgan fingerprint density at radius 3 is 2.77 bits per heavy atom. The number of benzene rings is 2. The van der Waals surface area contributed by atoms with Crippen molar-refractivity contribution in [2.24, 2.45) is 0 Å². The van der Waals surface area contributed by atoms with Crippen molar-refractivity contribution in [2.45, 2.75) is 43.0 Å². The number of carbonyl (C=O) groups excluding carboxylic acids is 2. The standard InChI is InChI=1S/C22H25N3O4S/c1-25(14-22(27)24-20-8-4-6-15-5-2-3-7-18(15)20)30(28,29)17-10-11-19-16(13-17)9-12-21(26)23-19/h2-3,5,7,10-11,13,20H,4,6,8-9,12,14H2,1H3,(H,23,26)(H,24,27). The van der Waals surface area contributed by atoms with E-state index >= 15 is 0 Å². The maximum absolute atomic E-state index is 13.0. The molecule has 2 N–H and O–H groups in total. The molecule has 0 fully saturated rings. The molecule has 4 rings (SSSR count). The van der Waals surface area contributed by atoms with Gasteiger partial charge in [0, 0.05) is 19.2 Å². The Morgan fingerprint density at radius 2 is 1.93 bits per heavy atom. The second-order valence-corrected chi connectivity index (χ2v) is 9.88. The molecule has 158 valence electrons. The van der Waals surface area contributed by atoms with E-state index in [9.17, 15) is 18.0 Å². The van der Waals surface area contributed by atoms with Gasteiger partial charge in [-0.05, 0) is 60.6 Å². The summed E-state index contributed by atoms with van der Waals surface area (Å²) in [7, 11) is -2.41. The summed E-state index contributed by atoms with van der Waals surface area (Å²) < 4.78 is 27.0. The highest BCUT2D eigenvalue weighted by atomic mass is 32.2. The molecule has 0 radical (unpaired) electrons. The maximum Gasteiger partial charge on any atom is 0.243 e. The largest absolute Gasteiger partial charge is 0.348 e. The molecule has 0 saturated heterocycles. The molecule has 1 atom stereocenters. The number of hydrogen-bond acceptors (Lipinski definition) is 4. The third kappa shape index (κ3) is 4.11. The number of amides is 2. The predicted octanol–water partition coefficient (Wildman–Crippen LogP) is 2.39. The Kier molecular flexibility index (Phi) is 5.62. The average Bonchev–Trinajstić information content (AvgIpc) is 2.73. The molecule has 2 aromatic carbocycles. The van der Waals surface area contributed by atoms with Gasteiger partial charge in [-0.3, -0.25) is 9.59 Å². The fraction of sp³-hybridized carbons (Fsp3) is 0.364. The van der Waals surface area contributed by atoms with Gasteiger partial charge >= 0.3 is 0 Å². The van der Waals surface area contributed by atoms with Gasteiger partial charge in [0.25, 0.3) is 0 Å². The van der Waals surface area contributed by atoms with Crippen LogP contribution in [0.3, 0.4) is 0 Å². The topological polar surface area (TPSA) is 95.6 Å². The third-order valence-corrected chi connectivity index (χ3v) is 7.55. The second-order valence-electron chi connectivity index (χ2n) is 7.84. The van der Waals surface area contributed by atoms with Crippen LogP contribution in [0.5, 0.6) is 0 Å². The number of fused-ring (bicyclic) bond motifs is 2. The van der Waals surface area contributed by atoms with E-state index in [1.54, 1.807) is 12.1 Å². The zero-order chi connectivity index (χ0) is 21.3. The highest BCUT2D eigenvalue weighted by Crippen LogP contribution is 2.30. The molecule has 1 unspecified atom stereocenters. The molecular formula is C22H25N3O4S. The lowest BCUT2D eigenvalue weighted by Gasteiger charge is -2.27. The Balaban J connectivity index is 1.45. The van der Waals surface area contributed by atoms with E-state index in [4.69, 9.17) is 0 Å². The number of sulfonamides is 1. The zero-order valence-corrected chi connectivity index (χ0v) is 17.7. The summed E-state index contributed by atoms with van der Waals surface area (Å²) in [5, 5.41) is 5.73. The number of nitrogens with zero attached hydrogens (tertiary/aromatic N) is 1. The molecular weight excluding hydrogens is 402 g/mol. The van der Waals surface area contributed by atoms with Gasteiger partial charge < -0.3 is 10.6 Å². The van der Waals surface area contributed by atoms with Crippen LogP contribution in [-0.4, -0.2) is 38.1 Å². The lowest BCUT2D eigenvalue weighted by atomic mass is 9.88. The fourth-order valence-corrected chi connectivity index (χ4v) is 5.31. The van der Waals surface area contributed by atoms with Crippen LogP contribution in [0.2, 0.25) is 0 Å². The summed E-state index contributed by atoms with van der Waals surface area (Å²) in [6.07, 6.45) is 3.65. The van der Waals surface area contributed by atoms with Gasteiger partial charge in [0.15, 0.2) is 0 Å². The van der Waals surface area contributed by atoms with Crippen LogP contribution in [0.1, 0.15) is 42.0 Å². The van der Waals surface area contributed by atoms with Crippen LogP contribution >= 0.6 is 0 Å². The van der Waals surface area contributed by atoms with Crippen molar-refractivity contribution in [2.75, 3.05) is 18.9 Å². The predicted molar refractivity (Wildman–Crippen MR) is 113 cm³/mol. The van der Waals surface area contributed by atoms with Crippen LogP contribution in [0, 0.1) is 0 Å². The highest BCUT2D eigenvalue weighted by Gasteiger charge is 2.27. The number of likely N-dealkylation sites (N-methyl/N-ethyl adjacent to an activating group) is 1. The lowest BCUT2D eigenvalue weighted by Crippen LogP contribution is -2.40. The summed E-state index contributed by atoms with van der Waals surface area (Å²) in [6.45, 7) is -0.255. The maximum atomic E-state index is 13.0. The van der Waals surface area contributed by atoms with Crippen molar-refractivity contribution in [3.8, 4) is 0 Å². The van der Waals surface area contributed by atoms with Crippen molar-refractivity contribution in [3.05, 3.63) is 59.2 Å². The Bertz CT molecular complexity index is 1100. The summed E-state index contributed by atoms with van der Waals surface area (Å²) in [4.78, 5) is 24.2. The lowest BCUT2D eigenvalue weighted by molar-refractivity contribution is -0.122. The highest BCUT2D eigenvalue weighted by molar-refractivity contribution is 7.89. The van der Waals surface area contributed by atoms with E-state index in [1.807, 2.05) is 18.2 Å². The van der Waals surface area contributed by atoms with Gasteiger partial charge in [-0.1, -0.05) is 24.3 Å². The van der Waals surface area contributed by atoms with E-state index < -0.39 is 10.0 Å². The number of rotatable bonds is 5. The quantitative estimate of drug-likeness (QED) is 0.766. The van der Waals surface area contributed by atoms with E-state index in [-0.39, 0.29) is 29.3 Å². The first-order valence-corrected chi connectivity index (χ1v) is 11.5. The minimum Gasteiger partial charge on any atom is -0.348 e. The minimum absolute atomic E-state index is 0.0730. The third-order valence-electron chi connectivity index (χ3n) is 5.75. The SMILES string of the molecule is CN(CC(=O)NC1CCCc2ccccc21)S(=O)(=O)c1ccc2c(c1)CCC(=O)N2. The van der Waals surface area contributed by atoms with E-state index in [0.717, 1.165) is 34.7 Å². The first kappa shape index (κ1) is 20.6. The van der Waals surface area contributed by atoms with Crippen LogP contribution in [0.15, 0.2) is 47.4 Å². The molecule has 0 spiro atoms. The minimum atomic E-state index is -3.82. The molecule has 1 aliphatic heterocycles. The zero-order valence-electron chi connectivity index (χ0n) is 16.8. The molecule has 2 aliphatic rings. The van der Waals surface area contributed by atoms with Crippen LogP contribution in [-0.2, 0) is 32.5 Å². The summed E-state index contributed by atoms with van der Waals surface area (Å²) in [6, 6.07) is 12.6. The molecule has 0 aromatic heterocycles. The molecule has 1 heterocycles. The van der Waals surface area contributed by atoms with Crippen molar-refractivity contribution < 1.29 is 18.0 Å². The van der Waals surface area contributed by atoms with Crippen molar-refractivity contribution >= 4 is 27.5 Å². The van der Waals surface area contributed by atoms with Crippen molar-refractivity contribution in [1.29, 1.82) is 0 Å². The Labute approximate surface area is 176 Å². The number of nitrogens with one attached hydrogen (secondary N) is 2. The van der Waals surface area contributed by atoms with Crippen molar-refractivity contribution in [3.63, 3.8) is 0 Å². The monoisotopic (exact) mass is 427 g/mol. The number of anilines is 1. The number of hydrogen-bond donors (Lipinski definition) is 2. The van der Waals surface area contributed by atoms with Crippen LogP contribution in [0.25, 0.3) is 0 Å². The molecule has 1 aliphatic carbocycles. The number of aryl methyl sites for hydroxylation is 2. The number of carbonyl (C=O) groups is 2. The Morgan fingerprint density at radius 1 is 1.13 bits per heavy atom. The van der Waals surface area contributed by atoms with Gasteiger partial charge in [-0.15, -0.1) is 0 Å². The van der Waals surface area contributed by atoms with Gasteiger partial charge in [0.2, 0.25) is 21.8 Å². The van der Waals surface area contributed by atoms with Gasteiger partial charge in [-0.25, -0.2) is 8.42 Å². The smallest absolute Gasteiger partial charge is 0.243 e. The summed E-state index contributed by atoms with van der Waals surface area (Å²) in [5.74, 6) is -0.399. The van der Waals surface area contributed by atoms with Crippen LogP contribution in [0.4, 0.5) is 5.69 Å². The van der Waals surface area contributed by atoms with E-state index in [1.165, 1.54) is 18.7 Å². The van der Waals surface area contributed by atoms with Gasteiger partial charge in [0.05, 0.1) is 17.5 Å². The first-order valence-electron chi connectivity index (χ1n) is 10.1.